The minimum atomic E-state index is -0.375. The second kappa shape index (κ2) is 10.5. The van der Waals surface area contributed by atoms with E-state index in [1.54, 1.807) is 17.2 Å². The molecule has 1 aliphatic carbocycles. The van der Waals surface area contributed by atoms with Gasteiger partial charge in [-0.1, -0.05) is 30.8 Å². The molecule has 1 fully saturated rings. The van der Waals surface area contributed by atoms with Gasteiger partial charge in [-0.3, -0.25) is 14.5 Å². The number of aryl methyl sites for hydroxylation is 1. The van der Waals surface area contributed by atoms with Crippen LogP contribution in [0.25, 0.3) is 10.2 Å². The van der Waals surface area contributed by atoms with E-state index in [9.17, 15) is 14.4 Å². The minimum Gasteiger partial charge on any atom is -0.457 e. The van der Waals surface area contributed by atoms with Crippen molar-refractivity contribution in [2.45, 2.75) is 38.3 Å². The highest BCUT2D eigenvalue weighted by Gasteiger charge is 2.35. The zero-order chi connectivity index (χ0) is 27.8. The van der Waals surface area contributed by atoms with Crippen LogP contribution in [0.4, 0.5) is 21.9 Å². The predicted octanol–water partition coefficient (Wildman–Crippen LogP) is 6.03. The number of thiophene rings is 1. The third-order valence-electron chi connectivity index (χ3n) is 7.15. The van der Waals surface area contributed by atoms with Crippen LogP contribution >= 0.6 is 11.3 Å². The van der Waals surface area contributed by atoms with Crippen molar-refractivity contribution in [3.05, 3.63) is 83.9 Å². The van der Waals surface area contributed by atoms with Gasteiger partial charge in [0, 0.05) is 24.3 Å². The van der Waals surface area contributed by atoms with Gasteiger partial charge in [-0.05, 0) is 62.1 Å². The van der Waals surface area contributed by atoms with Gasteiger partial charge < -0.3 is 20.7 Å². The fraction of sp³-hybridized carbons (Fsp3) is 0.200. The summed E-state index contributed by atoms with van der Waals surface area (Å²) in [5.41, 5.74) is 2.66. The van der Waals surface area contributed by atoms with Crippen molar-refractivity contribution in [2.75, 3.05) is 10.2 Å². The van der Waals surface area contributed by atoms with E-state index in [1.165, 1.54) is 17.4 Å². The molecule has 202 valence electrons. The molecule has 0 bridgehead atoms. The molecule has 4 amide bonds. The van der Waals surface area contributed by atoms with Crippen LogP contribution in [0.2, 0.25) is 0 Å². The Morgan fingerprint density at radius 2 is 1.85 bits per heavy atom. The van der Waals surface area contributed by atoms with E-state index in [0.717, 1.165) is 18.4 Å². The van der Waals surface area contributed by atoms with Crippen molar-refractivity contribution in [1.82, 2.24) is 15.6 Å². The first-order valence-corrected chi connectivity index (χ1v) is 13.8. The van der Waals surface area contributed by atoms with E-state index in [1.807, 2.05) is 55.5 Å². The molecule has 3 N–H and O–H groups in total. The van der Waals surface area contributed by atoms with Gasteiger partial charge in [0.25, 0.3) is 5.91 Å². The van der Waals surface area contributed by atoms with Gasteiger partial charge in [-0.2, -0.15) is 0 Å². The Bertz CT molecular complexity index is 1650. The van der Waals surface area contributed by atoms with Crippen molar-refractivity contribution in [3.8, 4) is 11.5 Å². The number of carbonyl (C=O) groups is 3. The normalized spacial score (nSPS) is 17.8. The Kier molecular flexibility index (Phi) is 6.69. The highest BCUT2D eigenvalue weighted by molar-refractivity contribution is 7.21. The molecule has 0 unspecified atom stereocenters. The van der Waals surface area contributed by atoms with Crippen LogP contribution in [0.5, 0.6) is 11.5 Å². The van der Waals surface area contributed by atoms with Crippen LogP contribution < -0.4 is 25.6 Å². The molecule has 0 spiro atoms. The quantitative estimate of drug-likeness (QED) is 0.242. The van der Waals surface area contributed by atoms with Crippen LogP contribution in [-0.4, -0.2) is 34.9 Å². The van der Waals surface area contributed by atoms with Crippen LogP contribution in [0.3, 0.4) is 0 Å². The fourth-order valence-electron chi connectivity index (χ4n) is 5.26. The standard InChI is InChI=1S/C30H27N5O4S/c1-3-24(36)32-18-10-11-19(15-18)33-28(37)27-26-25-22(13-14-31-29(25)40-27)35(30(38)34-26)23-16-21(12-9-17(23)2)39-20-7-5-4-6-8-20/h3-9,12-14,16,18-19H,1,10-11,15H2,2H3,(H,32,36)(H,33,37)(H,34,38)/t18-,19-/m0/s1. The lowest BCUT2D eigenvalue weighted by molar-refractivity contribution is -0.117. The lowest BCUT2D eigenvalue weighted by Crippen LogP contribution is -2.37. The molecule has 2 aliphatic rings. The molecular formula is C30H27N5O4S. The molecule has 6 rings (SSSR count). The molecule has 2 atom stereocenters. The molecule has 1 aliphatic heterocycles. The third-order valence-corrected chi connectivity index (χ3v) is 8.25. The fourth-order valence-corrected chi connectivity index (χ4v) is 6.28. The molecule has 2 aromatic heterocycles. The van der Waals surface area contributed by atoms with E-state index in [0.29, 0.717) is 50.1 Å². The summed E-state index contributed by atoms with van der Waals surface area (Å²) in [5.74, 6) is 0.802. The van der Waals surface area contributed by atoms with E-state index < -0.39 is 0 Å². The second-order valence-electron chi connectivity index (χ2n) is 9.84. The van der Waals surface area contributed by atoms with Crippen molar-refractivity contribution in [3.63, 3.8) is 0 Å². The lowest BCUT2D eigenvalue weighted by atomic mass is 10.1. The summed E-state index contributed by atoms with van der Waals surface area (Å²) in [7, 11) is 0. The summed E-state index contributed by atoms with van der Waals surface area (Å²) in [4.78, 5) is 45.8. The van der Waals surface area contributed by atoms with Crippen molar-refractivity contribution < 1.29 is 19.1 Å². The largest absolute Gasteiger partial charge is 0.457 e. The molecule has 2 aromatic carbocycles. The first kappa shape index (κ1) is 25.6. The number of benzene rings is 2. The van der Waals surface area contributed by atoms with Gasteiger partial charge in [-0.25, -0.2) is 9.78 Å². The molecule has 1 saturated carbocycles. The zero-order valence-electron chi connectivity index (χ0n) is 21.8. The number of pyridine rings is 1. The van der Waals surface area contributed by atoms with Crippen molar-refractivity contribution in [2.24, 2.45) is 0 Å². The van der Waals surface area contributed by atoms with Gasteiger partial charge in [-0.15, -0.1) is 11.3 Å². The topological polar surface area (TPSA) is 113 Å². The average Bonchev–Trinajstić information content (AvgIpc) is 3.55. The number of ether oxygens (including phenoxy) is 1. The van der Waals surface area contributed by atoms with E-state index in [-0.39, 0.29) is 29.9 Å². The summed E-state index contributed by atoms with van der Waals surface area (Å²) >= 11 is 1.25. The van der Waals surface area contributed by atoms with Gasteiger partial charge in [0.05, 0.1) is 22.4 Å². The number of hydrogen-bond acceptors (Lipinski definition) is 6. The smallest absolute Gasteiger partial charge is 0.331 e. The summed E-state index contributed by atoms with van der Waals surface area (Å²) in [6, 6.07) is 16.4. The van der Waals surface area contributed by atoms with Crippen LogP contribution in [0, 0.1) is 6.92 Å². The summed E-state index contributed by atoms with van der Waals surface area (Å²) in [5, 5.41) is 9.64. The molecule has 3 heterocycles. The van der Waals surface area contributed by atoms with Crippen molar-refractivity contribution in [1.29, 1.82) is 0 Å². The monoisotopic (exact) mass is 553 g/mol. The number of anilines is 3. The number of hydrogen-bond donors (Lipinski definition) is 3. The van der Waals surface area contributed by atoms with Gasteiger partial charge in [0.1, 0.15) is 21.2 Å². The summed E-state index contributed by atoms with van der Waals surface area (Å²) in [6.07, 6.45) is 5.05. The SMILES string of the molecule is C=CC(=O)N[C@H]1CC[C@H](NC(=O)c2sc3nccc4c3c2NC(=O)N4c2cc(Oc3ccccc3)ccc2C)C1. The number of para-hydroxylation sites is 1. The van der Waals surface area contributed by atoms with Crippen molar-refractivity contribution >= 4 is 56.5 Å². The number of nitrogens with one attached hydrogen (secondary N) is 3. The Hall–Kier alpha value is -4.70. The van der Waals surface area contributed by atoms with Gasteiger partial charge in [0.15, 0.2) is 0 Å². The summed E-state index contributed by atoms with van der Waals surface area (Å²) in [6.45, 7) is 5.42. The predicted molar refractivity (Wildman–Crippen MR) is 156 cm³/mol. The number of carbonyl (C=O) groups excluding carboxylic acids is 3. The molecule has 0 radical (unpaired) electrons. The number of nitrogens with zero attached hydrogens (tertiary/aromatic N) is 2. The molecule has 10 heteroatoms. The first-order chi connectivity index (χ1) is 19.4. The molecule has 0 saturated heterocycles. The van der Waals surface area contributed by atoms with E-state index in [2.05, 4.69) is 27.5 Å². The number of amides is 4. The zero-order valence-corrected chi connectivity index (χ0v) is 22.6. The van der Waals surface area contributed by atoms with Gasteiger partial charge in [0.2, 0.25) is 5.91 Å². The third kappa shape index (κ3) is 4.77. The van der Waals surface area contributed by atoms with E-state index >= 15 is 0 Å². The van der Waals surface area contributed by atoms with Crippen LogP contribution in [0.1, 0.15) is 34.5 Å². The highest BCUT2D eigenvalue weighted by atomic mass is 32.1. The molecule has 9 nitrogen and oxygen atoms in total. The number of aromatic nitrogens is 1. The van der Waals surface area contributed by atoms with E-state index in [4.69, 9.17) is 4.74 Å². The molecule has 4 aromatic rings. The van der Waals surface area contributed by atoms with Crippen LogP contribution in [-0.2, 0) is 4.79 Å². The Morgan fingerprint density at radius 1 is 1.07 bits per heavy atom. The highest BCUT2D eigenvalue weighted by Crippen LogP contribution is 2.46. The maximum absolute atomic E-state index is 13.6. The molecular weight excluding hydrogens is 526 g/mol. The Morgan fingerprint density at radius 3 is 2.62 bits per heavy atom. The maximum atomic E-state index is 13.6. The second-order valence-corrected chi connectivity index (χ2v) is 10.8. The lowest BCUT2D eigenvalue weighted by Gasteiger charge is -2.29. The molecule has 40 heavy (non-hydrogen) atoms. The Balaban J connectivity index is 1.30. The van der Waals surface area contributed by atoms with Gasteiger partial charge >= 0.3 is 6.03 Å². The Labute approximate surface area is 234 Å². The average molecular weight is 554 g/mol. The van der Waals surface area contributed by atoms with Crippen LogP contribution in [0.15, 0.2) is 73.4 Å². The maximum Gasteiger partial charge on any atom is 0.331 e. The summed E-state index contributed by atoms with van der Waals surface area (Å²) < 4.78 is 6.03. The number of urea groups is 1. The number of rotatable bonds is 7. The first-order valence-electron chi connectivity index (χ1n) is 13.0. The minimum absolute atomic E-state index is 0.0111.